The zero-order valence-corrected chi connectivity index (χ0v) is 21.8. The SMILES string of the molecule is COc1cc(CCC2C[C@@]3(C)CC4C(=O)C(CC(=O)c5ccco5)=CC=C4[C@@](C)(C2)C3)cc(OC)c1. The Morgan fingerprint density at radius 1 is 1.06 bits per heavy atom. The van der Waals surface area contributed by atoms with Gasteiger partial charge in [-0.25, -0.2) is 0 Å². The van der Waals surface area contributed by atoms with Gasteiger partial charge in [0.1, 0.15) is 11.5 Å². The number of rotatable bonds is 8. The van der Waals surface area contributed by atoms with Gasteiger partial charge in [0.05, 0.1) is 20.5 Å². The lowest BCUT2D eigenvalue weighted by Gasteiger charge is -2.56. The second kappa shape index (κ2) is 9.42. The second-order valence-electron chi connectivity index (χ2n) is 11.6. The molecule has 3 aliphatic carbocycles. The van der Waals surface area contributed by atoms with E-state index in [1.54, 1.807) is 26.4 Å². The standard InChI is InChI=1S/C31H36O5/c1-30-16-21(8-7-20-12-23(34-3)15-24(13-20)35-4)17-31(2,19-30)26-10-9-22(29(33)25(26)18-30)14-27(32)28-6-5-11-36-28/h5-6,9-13,15,21,25H,7-8,14,16-19H2,1-4H3/t21?,25?,30-,31-/m0/s1. The zero-order valence-electron chi connectivity index (χ0n) is 21.8. The molecule has 0 N–H and O–H groups in total. The van der Waals surface area contributed by atoms with Gasteiger partial charge in [-0.1, -0.05) is 31.6 Å². The van der Waals surface area contributed by atoms with Gasteiger partial charge < -0.3 is 13.9 Å². The number of ketones is 2. The molecule has 3 aliphatic rings. The number of hydrogen-bond acceptors (Lipinski definition) is 5. The third-order valence-electron chi connectivity index (χ3n) is 8.60. The normalized spacial score (nSPS) is 29.2. The number of carbonyl (C=O) groups is 2. The van der Waals surface area contributed by atoms with Crippen LogP contribution in [0.4, 0.5) is 0 Å². The van der Waals surface area contributed by atoms with E-state index in [0.29, 0.717) is 17.3 Å². The van der Waals surface area contributed by atoms with Crippen LogP contribution < -0.4 is 9.47 Å². The summed E-state index contributed by atoms with van der Waals surface area (Å²) in [5, 5.41) is 0. The van der Waals surface area contributed by atoms with Gasteiger partial charge in [-0.3, -0.25) is 9.59 Å². The summed E-state index contributed by atoms with van der Waals surface area (Å²) in [6, 6.07) is 9.47. The minimum Gasteiger partial charge on any atom is -0.497 e. The summed E-state index contributed by atoms with van der Waals surface area (Å²) in [6.45, 7) is 4.71. The summed E-state index contributed by atoms with van der Waals surface area (Å²) in [5.74, 6) is 2.44. The number of allylic oxidation sites excluding steroid dienone is 4. The molecule has 2 unspecified atom stereocenters. The van der Waals surface area contributed by atoms with Gasteiger partial charge in [-0.05, 0) is 85.1 Å². The Balaban J connectivity index is 1.33. The maximum atomic E-state index is 13.6. The number of furan rings is 1. The molecule has 0 saturated heterocycles. The second-order valence-corrected chi connectivity index (χ2v) is 11.6. The molecule has 2 saturated carbocycles. The summed E-state index contributed by atoms with van der Waals surface area (Å²) < 4.78 is 16.2. The Labute approximate surface area is 213 Å². The average molecular weight is 489 g/mol. The van der Waals surface area contributed by atoms with Crippen molar-refractivity contribution in [3.63, 3.8) is 0 Å². The van der Waals surface area contributed by atoms with Crippen LogP contribution in [0.15, 0.2) is 64.3 Å². The lowest BCUT2D eigenvalue weighted by Crippen LogP contribution is -2.48. The number of ether oxygens (including phenoxy) is 2. The fourth-order valence-electron chi connectivity index (χ4n) is 7.37. The predicted molar refractivity (Wildman–Crippen MR) is 138 cm³/mol. The van der Waals surface area contributed by atoms with Crippen LogP contribution in [0.25, 0.3) is 0 Å². The molecule has 5 heteroatoms. The zero-order chi connectivity index (χ0) is 25.5. The van der Waals surface area contributed by atoms with E-state index in [0.717, 1.165) is 50.0 Å². The van der Waals surface area contributed by atoms with Gasteiger partial charge in [0.25, 0.3) is 0 Å². The Bertz CT molecular complexity index is 1200. The van der Waals surface area contributed by atoms with E-state index in [9.17, 15) is 9.59 Å². The number of benzene rings is 1. The first kappa shape index (κ1) is 24.6. The molecule has 5 rings (SSSR count). The van der Waals surface area contributed by atoms with Gasteiger partial charge >= 0.3 is 0 Å². The lowest BCUT2D eigenvalue weighted by atomic mass is 9.47. The largest absolute Gasteiger partial charge is 0.497 e. The average Bonchev–Trinajstić information content (AvgIpc) is 3.39. The quantitative estimate of drug-likeness (QED) is 0.384. The molecule has 4 atom stereocenters. The van der Waals surface area contributed by atoms with Crippen molar-refractivity contribution in [1.29, 1.82) is 0 Å². The number of hydrogen-bond donors (Lipinski definition) is 0. The lowest BCUT2D eigenvalue weighted by molar-refractivity contribution is -0.122. The van der Waals surface area contributed by atoms with E-state index in [-0.39, 0.29) is 34.7 Å². The van der Waals surface area contributed by atoms with Crippen LogP contribution in [0.5, 0.6) is 11.5 Å². The summed E-state index contributed by atoms with van der Waals surface area (Å²) in [7, 11) is 3.37. The number of methoxy groups -OCH3 is 2. The maximum absolute atomic E-state index is 13.6. The highest BCUT2D eigenvalue weighted by Gasteiger charge is 2.54. The van der Waals surface area contributed by atoms with Gasteiger partial charge in [-0.2, -0.15) is 0 Å². The Kier molecular flexibility index (Phi) is 6.44. The third-order valence-corrected chi connectivity index (χ3v) is 8.60. The van der Waals surface area contributed by atoms with Crippen molar-refractivity contribution in [2.75, 3.05) is 14.2 Å². The molecule has 1 aromatic heterocycles. The maximum Gasteiger partial charge on any atom is 0.202 e. The predicted octanol–water partition coefficient (Wildman–Crippen LogP) is 6.77. The smallest absolute Gasteiger partial charge is 0.202 e. The molecule has 0 spiro atoms. The molecule has 36 heavy (non-hydrogen) atoms. The Morgan fingerprint density at radius 3 is 2.47 bits per heavy atom. The third kappa shape index (κ3) is 4.68. The van der Waals surface area contributed by atoms with Crippen LogP contribution in [0.2, 0.25) is 0 Å². The van der Waals surface area contributed by atoms with Gasteiger partial charge in [0.2, 0.25) is 5.78 Å². The molecule has 1 aromatic carbocycles. The van der Waals surface area contributed by atoms with Crippen LogP contribution in [-0.2, 0) is 11.2 Å². The highest BCUT2D eigenvalue weighted by molar-refractivity contribution is 6.07. The van der Waals surface area contributed by atoms with E-state index >= 15 is 0 Å². The van der Waals surface area contributed by atoms with Crippen molar-refractivity contribution < 1.29 is 23.5 Å². The summed E-state index contributed by atoms with van der Waals surface area (Å²) >= 11 is 0. The van der Waals surface area contributed by atoms with Gasteiger partial charge in [0.15, 0.2) is 11.5 Å². The molecule has 190 valence electrons. The van der Waals surface area contributed by atoms with E-state index in [1.165, 1.54) is 17.4 Å². The first-order valence-corrected chi connectivity index (χ1v) is 13.0. The molecule has 0 aliphatic heterocycles. The van der Waals surface area contributed by atoms with E-state index < -0.39 is 0 Å². The van der Waals surface area contributed by atoms with Crippen LogP contribution in [0, 0.1) is 22.7 Å². The first-order chi connectivity index (χ1) is 17.2. The molecule has 2 bridgehead atoms. The number of carbonyl (C=O) groups excluding carboxylic acids is 2. The van der Waals surface area contributed by atoms with Crippen molar-refractivity contribution in [1.82, 2.24) is 0 Å². The van der Waals surface area contributed by atoms with Crippen molar-refractivity contribution in [2.45, 2.75) is 58.8 Å². The molecule has 5 nitrogen and oxygen atoms in total. The summed E-state index contributed by atoms with van der Waals surface area (Å²) in [6.07, 6.45) is 11.9. The van der Waals surface area contributed by atoms with E-state index in [1.807, 2.05) is 12.1 Å². The number of Topliss-reactive ketones (excluding diaryl/α,β-unsaturated/α-hetero) is 2. The molecule has 0 radical (unpaired) electrons. The van der Waals surface area contributed by atoms with Crippen LogP contribution in [-0.4, -0.2) is 25.8 Å². The minimum absolute atomic E-state index is 0.00929. The number of fused-ring (bicyclic) bond motifs is 4. The van der Waals surface area contributed by atoms with Crippen LogP contribution in [0.1, 0.15) is 68.5 Å². The molecule has 1 heterocycles. The summed E-state index contributed by atoms with van der Waals surface area (Å²) in [5.41, 5.74) is 3.24. The minimum atomic E-state index is -0.140. The van der Waals surface area contributed by atoms with Crippen molar-refractivity contribution in [3.8, 4) is 11.5 Å². The molecule has 0 amide bonds. The summed E-state index contributed by atoms with van der Waals surface area (Å²) in [4.78, 5) is 26.2. The van der Waals surface area contributed by atoms with Crippen molar-refractivity contribution in [3.05, 3.63) is 71.2 Å². The van der Waals surface area contributed by atoms with Crippen LogP contribution in [0.3, 0.4) is 0 Å². The fourth-order valence-corrected chi connectivity index (χ4v) is 7.37. The van der Waals surface area contributed by atoms with Gasteiger partial charge in [0, 0.05) is 24.0 Å². The highest BCUT2D eigenvalue weighted by atomic mass is 16.5. The first-order valence-electron chi connectivity index (χ1n) is 13.0. The number of aryl methyl sites for hydroxylation is 1. The molecule has 2 fully saturated rings. The van der Waals surface area contributed by atoms with E-state index in [4.69, 9.17) is 13.9 Å². The van der Waals surface area contributed by atoms with Crippen molar-refractivity contribution in [2.24, 2.45) is 22.7 Å². The molecular formula is C31H36O5. The van der Waals surface area contributed by atoms with E-state index in [2.05, 4.69) is 32.1 Å². The van der Waals surface area contributed by atoms with Gasteiger partial charge in [-0.15, -0.1) is 0 Å². The monoisotopic (exact) mass is 488 g/mol. The Morgan fingerprint density at radius 2 is 1.81 bits per heavy atom. The highest BCUT2D eigenvalue weighted by Crippen LogP contribution is 2.62. The molecule has 2 aromatic rings. The topological polar surface area (TPSA) is 65.7 Å². The van der Waals surface area contributed by atoms with Crippen LogP contribution >= 0.6 is 0 Å². The Hall–Kier alpha value is -3.08. The fraction of sp³-hybridized carbons (Fsp3) is 0.484. The molecular weight excluding hydrogens is 452 g/mol. The van der Waals surface area contributed by atoms with Crippen molar-refractivity contribution >= 4 is 11.6 Å².